The van der Waals surface area contributed by atoms with Crippen molar-refractivity contribution < 1.29 is 5.11 Å². The van der Waals surface area contributed by atoms with Crippen molar-refractivity contribution in [2.24, 2.45) is 0 Å². The zero-order chi connectivity index (χ0) is 13.7. The Balaban J connectivity index is 1.90. The van der Waals surface area contributed by atoms with Crippen LogP contribution in [0.5, 0.6) is 0 Å². The first-order chi connectivity index (χ1) is 9.16. The lowest BCUT2D eigenvalue weighted by atomic mass is 10.1. The van der Waals surface area contributed by atoms with Crippen molar-refractivity contribution in [3.63, 3.8) is 0 Å². The number of rotatable bonds is 5. The van der Waals surface area contributed by atoms with E-state index in [0.717, 1.165) is 5.56 Å². The molecule has 0 radical (unpaired) electrons. The number of nitrogen functional groups attached to an aromatic ring is 1. The van der Waals surface area contributed by atoms with Gasteiger partial charge in [0.25, 0.3) is 0 Å². The van der Waals surface area contributed by atoms with E-state index in [1.165, 1.54) is 10.5 Å². The number of aliphatic hydroxyl groups excluding tert-OH is 1. The lowest BCUT2D eigenvalue weighted by Crippen LogP contribution is -2.14. The van der Waals surface area contributed by atoms with E-state index in [9.17, 15) is 5.11 Å². The van der Waals surface area contributed by atoms with Crippen molar-refractivity contribution in [1.29, 1.82) is 0 Å². The number of hydrogen-bond donors (Lipinski definition) is 2. The zero-order valence-electron chi connectivity index (χ0n) is 10.9. The number of pyridine rings is 1. The summed E-state index contributed by atoms with van der Waals surface area (Å²) in [5.41, 5.74) is 8.67. The minimum atomic E-state index is -0.420. The van der Waals surface area contributed by atoms with Crippen LogP contribution in [-0.4, -0.2) is 21.9 Å². The fourth-order valence-corrected chi connectivity index (χ4v) is 2.79. The number of aromatic nitrogens is 1. The molecule has 100 valence electrons. The molecule has 3 nitrogen and oxygen atoms in total. The van der Waals surface area contributed by atoms with E-state index in [2.05, 4.69) is 24.0 Å². The standard InChI is InChI=1S/C15H18N2OS/c1-11-4-2-3-5-15(11)19-10-13(18)8-12-9-17-7-6-14(12)16/h2-7,9,13,18H,8,10H2,1H3,(H2,16,17). The van der Waals surface area contributed by atoms with Crippen LogP contribution in [0.1, 0.15) is 11.1 Å². The van der Waals surface area contributed by atoms with E-state index in [0.29, 0.717) is 17.9 Å². The van der Waals surface area contributed by atoms with Crippen LogP contribution in [0, 0.1) is 6.92 Å². The molecule has 1 aromatic carbocycles. The number of benzene rings is 1. The normalized spacial score (nSPS) is 12.3. The van der Waals surface area contributed by atoms with Gasteiger partial charge in [0.2, 0.25) is 0 Å². The van der Waals surface area contributed by atoms with Gasteiger partial charge in [-0.05, 0) is 30.2 Å². The van der Waals surface area contributed by atoms with Crippen LogP contribution < -0.4 is 5.73 Å². The minimum absolute atomic E-state index is 0.420. The van der Waals surface area contributed by atoms with Gasteiger partial charge in [0.05, 0.1) is 6.10 Å². The van der Waals surface area contributed by atoms with Gasteiger partial charge in [-0.2, -0.15) is 0 Å². The first kappa shape index (κ1) is 13.9. The van der Waals surface area contributed by atoms with Gasteiger partial charge in [-0.3, -0.25) is 4.98 Å². The number of anilines is 1. The highest BCUT2D eigenvalue weighted by molar-refractivity contribution is 7.99. The summed E-state index contributed by atoms with van der Waals surface area (Å²) in [6, 6.07) is 9.95. The second-order valence-corrected chi connectivity index (χ2v) is 5.57. The Morgan fingerprint density at radius 2 is 2.11 bits per heavy atom. The third-order valence-electron chi connectivity index (χ3n) is 2.92. The van der Waals surface area contributed by atoms with Gasteiger partial charge in [0.1, 0.15) is 0 Å². The molecule has 0 spiro atoms. The van der Waals surface area contributed by atoms with Crippen LogP contribution in [0.3, 0.4) is 0 Å². The molecule has 0 saturated heterocycles. The third-order valence-corrected chi connectivity index (χ3v) is 4.24. The van der Waals surface area contributed by atoms with Crippen LogP contribution >= 0.6 is 11.8 Å². The molecule has 4 heteroatoms. The summed E-state index contributed by atoms with van der Waals surface area (Å²) in [7, 11) is 0. The summed E-state index contributed by atoms with van der Waals surface area (Å²) in [4.78, 5) is 5.24. The predicted octanol–water partition coefficient (Wildman–Crippen LogP) is 2.67. The first-order valence-electron chi connectivity index (χ1n) is 6.21. The second kappa shape index (κ2) is 6.59. The van der Waals surface area contributed by atoms with Crippen molar-refractivity contribution in [3.05, 3.63) is 53.9 Å². The van der Waals surface area contributed by atoms with Gasteiger partial charge >= 0.3 is 0 Å². The molecule has 0 aliphatic rings. The molecule has 19 heavy (non-hydrogen) atoms. The summed E-state index contributed by atoms with van der Waals surface area (Å²) < 4.78 is 0. The highest BCUT2D eigenvalue weighted by atomic mass is 32.2. The van der Waals surface area contributed by atoms with Crippen LogP contribution in [0.4, 0.5) is 5.69 Å². The number of nitrogens with two attached hydrogens (primary N) is 1. The Bertz CT molecular complexity index is 545. The van der Waals surface area contributed by atoms with Crippen LogP contribution in [-0.2, 0) is 6.42 Å². The summed E-state index contributed by atoms with van der Waals surface area (Å²) in [5, 5.41) is 10.1. The van der Waals surface area contributed by atoms with Crippen LogP contribution in [0.2, 0.25) is 0 Å². The lowest BCUT2D eigenvalue weighted by molar-refractivity contribution is 0.200. The van der Waals surface area contributed by atoms with E-state index in [-0.39, 0.29) is 0 Å². The smallest absolute Gasteiger partial charge is 0.0675 e. The molecule has 0 amide bonds. The van der Waals surface area contributed by atoms with E-state index in [1.54, 1.807) is 30.2 Å². The number of hydrogen-bond acceptors (Lipinski definition) is 4. The molecular formula is C15H18N2OS. The zero-order valence-corrected chi connectivity index (χ0v) is 11.7. The molecule has 1 aromatic heterocycles. The summed E-state index contributed by atoms with van der Waals surface area (Å²) in [6.07, 6.45) is 3.50. The highest BCUT2D eigenvalue weighted by Crippen LogP contribution is 2.23. The van der Waals surface area contributed by atoms with Gasteiger partial charge in [0.15, 0.2) is 0 Å². The fourth-order valence-electron chi connectivity index (χ4n) is 1.83. The third kappa shape index (κ3) is 3.98. The van der Waals surface area contributed by atoms with Gasteiger partial charge in [-0.25, -0.2) is 0 Å². The van der Waals surface area contributed by atoms with Gasteiger partial charge in [0, 0.05) is 35.2 Å². The topological polar surface area (TPSA) is 59.1 Å². The van der Waals surface area contributed by atoms with Crippen LogP contribution in [0.25, 0.3) is 0 Å². The SMILES string of the molecule is Cc1ccccc1SCC(O)Cc1cnccc1N. The fraction of sp³-hybridized carbons (Fsp3) is 0.267. The van der Waals surface area contributed by atoms with Crippen LogP contribution in [0.15, 0.2) is 47.6 Å². The maximum Gasteiger partial charge on any atom is 0.0675 e. The number of aryl methyl sites for hydroxylation is 1. The molecule has 1 atom stereocenters. The quantitative estimate of drug-likeness (QED) is 0.823. The maximum atomic E-state index is 10.1. The summed E-state index contributed by atoms with van der Waals surface area (Å²) in [5.74, 6) is 0.652. The first-order valence-corrected chi connectivity index (χ1v) is 7.20. The monoisotopic (exact) mass is 274 g/mol. The average Bonchev–Trinajstić information content (AvgIpc) is 2.40. The molecule has 0 aliphatic carbocycles. The van der Waals surface area contributed by atoms with Crippen molar-refractivity contribution >= 4 is 17.4 Å². The van der Waals surface area contributed by atoms with E-state index < -0.39 is 6.10 Å². The van der Waals surface area contributed by atoms with Crippen molar-refractivity contribution in [2.45, 2.75) is 24.3 Å². The van der Waals surface area contributed by atoms with Gasteiger partial charge < -0.3 is 10.8 Å². The number of aliphatic hydroxyl groups is 1. The Morgan fingerprint density at radius 3 is 2.84 bits per heavy atom. The second-order valence-electron chi connectivity index (χ2n) is 4.51. The van der Waals surface area contributed by atoms with E-state index in [1.807, 2.05) is 12.1 Å². The average molecular weight is 274 g/mol. The lowest BCUT2D eigenvalue weighted by Gasteiger charge is -2.12. The van der Waals surface area contributed by atoms with E-state index in [4.69, 9.17) is 5.73 Å². The van der Waals surface area contributed by atoms with Crippen molar-refractivity contribution in [3.8, 4) is 0 Å². The maximum absolute atomic E-state index is 10.1. The van der Waals surface area contributed by atoms with Gasteiger partial charge in [-0.1, -0.05) is 18.2 Å². The van der Waals surface area contributed by atoms with Crippen molar-refractivity contribution in [1.82, 2.24) is 4.98 Å². The van der Waals surface area contributed by atoms with Crippen molar-refractivity contribution in [2.75, 3.05) is 11.5 Å². The Labute approximate surface area is 117 Å². The molecule has 0 bridgehead atoms. The molecule has 0 saturated carbocycles. The molecular weight excluding hydrogens is 256 g/mol. The number of nitrogens with zero attached hydrogens (tertiary/aromatic N) is 1. The molecule has 2 aromatic rings. The Hall–Kier alpha value is -1.52. The molecule has 0 aliphatic heterocycles. The summed E-state index contributed by atoms with van der Waals surface area (Å²) in [6.45, 7) is 2.08. The number of thioether (sulfide) groups is 1. The molecule has 0 fully saturated rings. The minimum Gasteiger partial charge on any atom is -0.398 e. The van der Waals surface area contributed by atoms with Gasteiger partial charge in [-0.15, -0.1) is 11.8 Å². The largest absolute Gasteiger partial charge is 0.398 e. The highest BCUT2D eigenvalue weighted by Gasteiger charge is 2.09. The molecule has 1 unspecified atom stereocenters. The molecule has 1 heterocycles. The predicted molar refractivity (Wildman–Crippen MR) is 80.3 cm³/mol. The Morgan fingerprint density at radius 1 is 1.32 bits per heavy atom. The molecule has 3 N–H and O–H groups in total. The molecule has 2 rings (SSSR count). The Kier molecular flexibility index (Phi) is 4.82. The summed E-state index contributed by atoms with van der Waals surface area (Å²) >= 11 is 1.67. The van der Waals surface area contributed by atoms with E-state index >= 15 is 0 Å².